The first-order valence-electron chi connectivity index (χ1n) is 6.06. The number of rotatable bonds is 2. The van der Waals surface area contributed by atoms with E-state index >= 15 is 0 Å². The average Bonchev–Trinajstić information content (AvgIpc) is 2.49. The molecule has 1 unspecified atom stereocenters. The van der Waals surface area contributed by atoms with E-state index in [1.165, 1.54) is 29.1 Å². The lowest BCUT2D eigenvalue weighted by Gasteiger charge is -2.06. The Labute approximate surface area is 92.2 Å². The van der Waals surface area contributed by atoms with E-state index in [2.05, 4.69) is 20.8 Å². The zero-order valence-electron chi connectivity index (χ0n) is 10.0. The molecule has 2 nitrogen and oxygen atoms in total. The average molecular weight is 204 g/mol. The van der Waals surface area contributed by atoms with Crippen LogP contribution >= 0.6 is 0 Å². The van der Waals surface area contributed by atoms with Crippen molar-refractivity contribution in [2.45, 2.75) is 46.5 Å². The van der Waals surface area contributed by atoms with E-state index < -0.39 is 0 Å². The summed E-state index contributed by atoms with van der Waals surface area (Å²) >= 11 is 0. The van der Waals surface area contributed by atoms with Gasteiger partial charge in [0.2, 0.25) is 0 Å². The van der Waals surface area contributed by atoms with E-state index in [4.69, 9.17) is 9.98 Å². The van der Waals surface area contributed by atoms with E-state index in [0.29, 0.717) is 0 Å². The summed E-state index contributed by atoms with van der Waals surface area (Å²) < 4.78 is 0. The summed E-state index contributed by atoms with van der Waals surface area (Å²) in [6.07, 6.45) is 4.39. The summed E-state index contributed by atoms with van der Waals surface area (Å²) in [5.74, 6) is 0.773. The first kappa shape index (κ1) is 10.6. The minimum absolute atomic E-state index is 0.773. The van der Waals surface area contributed by atoms with Gasteiger partial charge in [-0.2, -0.15) is 0 Å². The Morgan fingerprint density at radius 2 is 1.87 bits per heavy atom. The van der Waals surface area contributed by atoms with Crippen molar-refractivity contribution in [1.29, 1.82) is 0 Å². The van der Waals surface area contributed by atoms with Crippen LogP contribution in [-0.2, 0) is 0 Å². The van der Waals surface area contributed by atoms with Crippen molar-refractivity contribution in [2.75, 3.05) is 6.54 Å². The predicted octanol–water partition coefficient (Wildman–Crippen LogP) is 3.39. The van der Waals surface area contributed by atoms with Gasteiger partial charge in [-0.3, -0.25) is 9.98 Å². The zero-order valence-corrected chi connectivity index (χ0v) is 10.0. The van der Waals surface area contributed by atoms with Crippen LogP contribution in [0.3, 0.4) is 0 Å². The van der Waals surface area contributed by atoms with Crippen LogP contribution in [0.15, 0.2) is 21.3 Å². The molecule has 82 valence electrons. The molecule has 15 heavy (non-hydrogen) atoms. The van der Waals surface area contributed by atoms with E-state index in [1.807, 2.05) is 0 Å². The number of hydrogen-bond acceptors (Lipinski definition) is 2. The van der Waals surface area contributed by atoms with Gasteiger partial charge in [0.05, 0.1) is 18.0 Å². The van der Waals surface area contributed by atoms with Gasteiger partial charge in [-0.1, -0.05) is 20.8 Å². The van der Waals surface area contributed by atoms with E-state index in [0.717, 1.165) is 31.7 Å². The fourth-order valence-corrected chi connectivity index (χ4v) is 2.47. The van der Waals surface area contributed by atoms with Gasteiger partial charge >= 0.3 is 0 Å². The third-order valence-corrected chi connectivity index (χ3v) is 3.28. The largest absolute Gasteiger partial charge is 0.283 e. The predicted molar refractivity (Wildman–Crippen MR) is 65.7 cm³/mol. The highest BCUT2D eigenvalue weighted by Crippen LogP contribution is 2.33. The van der Waals surface area contributed by atoms with Crippen LogP contribution in [0.4, 0.5) is 0 Å². The molecule has 0 spiro atoms. The highest BCUT2D eigenvalue weighted by molar-refractivity contribution is 6.42. The molecule has 0 amide bonds. The molecule has 0 N–H and O–H groups in total. The second-order valence-corrected chi connectivity index (χ2v) is 4.59. The molecular weight excluding hydrogens is 184 g/mol. The number of allylic oxidation sites excluding steroid dienone is 1. The second kappa shape index (κ2) is 4.30. The molecule has 0 aromatic carbocycles. The van der Waals surface area contributed by atoms with Crippen LogP contribution in [-0.4, -0.2) is 18.0 Å². The summed E-state index contributed by atoms with van der Waals surface area (Å²) in [6, 6.07) is 0. The summed E-state index contributed by atoms with van der Waals surface area (Å²) in [7, 11) is 0. The molecule has 1 heterocycles. The van der Waals surface area contributed by atoms with Gasteiger partial charge in [0.1, 0.15) is 0 Å². The number of hydrogen-bond donors (Lipinski definition) is 0. The van der Waals surface area contributed by atoms with Crippen molar-refractivity contribution >= 4 is 11.4 Å². The van der Waals surface area contributed by atoms with Crippen LogP contribution < -0.4 is 0 Å². The van der Waals surface area contributed by atoms with Gasteiger partial charge in [0, 0.05) is 5.70 Å². The van der Waals surface area contributed by atoms with Gasteiger partial charge in [-0.25, -0.2) is 0 Å². The normalized spacial score (nSPS) is 25.9. The molecule has 2 heteroatoms. The molecule has 0 aromatic heterocycles. The first-order chi connectivity index (χ1) is 7.24. The van der Waals surface area contributed by atoms with Crippen LogP contribution in [0.1, 0.15) is 46.5 Å². The summed E-state index contributed by atoms with van der Waals surface area (Å²) in [4.78, 5) is 9.52. The number of nitrogens with zero attached hydrogens (tertiary/aromatic N) is 2. The van der Waals surface area contributed by atoms with Crippen LogP contribution in [0.25, 0.3) is 0 Å². The lowest BCUT2D eigenvalue weighted by atomic mass is 10.1. The molecule has 0 bridgehead atoms. The summed E-state index contributed by atoms with van der Waals surface area (Å²) in [5.41, 5.74) is 5.26. The Bertz CT molecular complexity index is 348. The third-order valence-electron chi connectivity index (χ3n) is 3.28. The fourth-order valence-electron chi connectivity index (χ4n) is 2.47. The van der Waals surface area contributed by atoms with Crippen LogP contribution in [0, 0.1) is 5.92 Å². The molecule has 2 rings (SSSR count). The molecule has 0 aromatic rings. The monoisotopic (exact) mass is 204 g/mol. The molecule has 1 aliphatic carbocycles. The molecule has 0 saturated heterocycles. The molecule has 1 aliphatic heterocycles. The Morgan fingerprint density at radius 3 is 2.53 bits per heavy atom. The van der Waals surface area contributed by atoms with Gasteiger partial charge in [0.15, 0.2) is 0 Å². The van der Waals surface area contributed by atoms with Gasteiger partial charge < -0.3 is 0 Å². The topological polar surface area (TPSA) is 24.7 Å². The van der Waals surface area contributed by atoms with Crippen molar-refractivity contribution in [2.24, 2.45) is 15.9 Å². The van der Waals surface area contributed by atoms with Crippen molar-refractivity contribution in [1.82, 2.24) is 0 Å². The Balaban J connectivity index is 2.29. The SMILES string of the molecule is CCC1=NCC2=C(CC(C)C2)N=C1CC. The quantitative estimate of drug-likeness (QED) is 0.658. The molecule has 0 radical (unpaired) electrons. The first-order valence-corrected chi connectivity index (χ1v) is 6.06. The number of aliphatic imine (C=N–C) groups is 2. The fraction of sp³-hybridized carbons (Fsp3) is 0.692. The zero-order chi connectivity index (χ0) is 10.8. The molecule has 2 aliphatic rings. The summed E-state index contributed by atoms with van der Waals surface area (Å²) in [5, 5.41) is 0. The standard InChI is InChI=1S/C13H20N2/c1-4-11-12(5-2)15-13-7-9(3)6-10(13)8-14-11/h9H,4-8H2,1-3H3. The highest BCUT2D eigenvalue weighted by atomic mass is 14.9. The molecule has 0 saturated carbocycles. The maximum Gasteiger partial charge on any atom is 0.0624 e. The lowest BCUT2D eigenvalue weighted by Crippen LogP contribution is -2.12. The van der Waals surface area contributed by atoms with Crippen LogP contribution in [0.5, 0.6) is 0 Å². The smallest absolute Gasteiger partial charge is 0.0624 e. The van der Waals surface area contributed by atoms with Crippen molar-refractivity contribution in [3.05, 3.63) is 11.3 Å². The minimum atomic E-state index is 0.773. The Hall–Kier alpha value is -0.920. The lowest BCUT2D eigenvalue weighted by molar-refractivity contribution is 0.616. The van der Waals surface area contributed by atoms with Crippen molar-refractivity contribution < 1.29 is 0 Å². The molecule has 0 fully saturated rings. The molecule has 1 atom stereocenters. The second-order valence-electron chi connectivity index (χ2n) is 4.59. The molecular formula is C13H20N2. The Morgan fingerprint density at radius 1 is 1.13 bits per heavy atom. The highest BCUT2D eigenvalue weighted by Gasteiger charge is 2.23. The maximum atomic E-state index is 4.82. The summed E-state index contributed by atoms with van der Waals surface area (Å²) in [6.45, 7) is 7.55. The van der Waals surface area contributed by atoms with Crippen LogP contribution in [0.2, 0.25) is 0 Å². The third kappa shape index (κ3) is 2.04. The Kier molecular flexibility index (Phi) is 3.03. The van der Waals surface area contributed by atoms with E-state index in [-0.39, 0.29) is 0 Å². The maximum absolute atomic E-state index is 4.82. The van der Waals surface area contributed by atoms with Gasteiger partial charge in [-0.05, 0) is 37.2 Å². The van der Waals surface area contributed by atoms with Gasteiger partial charge in [-0.15, -0.1) is 0 Å². The van der Waals surface area contributed by atoms with E-state index in [9.17, 15) is 0 Å². The van der Waals surface area contributed by atoms with Gasteiger partial charge in [0.25, 0.3) is 0 Å². The minimum Gasteiger partial charge on any atom is -0.283 e. The van der Waals surface area contributed by atoms with Crippen molar-refractivity contribution in [3.8, 4) is 0 Å². The van der Waals surface area contributed by atoms with E-state index in [1.54, 1.807) is 0 Å². The van der Waals surface area contributed by atoms with Crippen molar-refractivity contribution in [3.63, 3.8) is 0 Å².